The van der Waals surface area contributed by atoms with Crippen LogP contribution in [0.4, 0.5) is 5.69 Å². The van der Waals surface area contributed by atoms with Gasteiger partial charge in [0.05, 0.1) is 0 Å². The first-order valence-electron chi connectivity index (χ1n) is 12.2. The van der Waals surface area contributed by atoms with E-state index < -0.39 is 0 Å². The van der Waals surface area contributed by atoms with Gasteiger partial charge in [-0.3, -0.25) is 0 Å². The average molecular weight is 521 g/mol. The molecule has 0 heterocycles. The number of nitro groups is 1. The molecule has 0 N–H and O–H groups in total. The van der Waals surface area contributed by atoms with Crippen LogP contribution in [0.3, 0.4) is 0 Å². The fourth-order valence-corrected chi connectivity index (χ4v) is 8.97. The number of para-hydroxylation sites is 1. The van der Waals surface area contributed by atoms with Crippen LogP contribution in [0.1, 0.15) is 72.6 Å². The second-order valence-electron chi connectivity index (χ2n) is 10.9. The van der Waals surface area contributed by atoms with Gasteiger partial charge in [0.25, 0.3) is 0 Å². The number of nitro benzene ring substituents is 1. The predicted octanol–water partition coefficient (Wildman–Crippen LogP) is 6.10. The molecule has 182 valence electrons. The first-order valence-corrected chi connectivity index (χ1v) is 14.3. The van der Waals surface area contributed by atoms with E-state index in [9.17, 15) is 14.9 Å². The molecule has 2 aliphatic carbocycles. The zero-order chi connectivity index (χ0) is 24.2. The van der Waals surface area contributed by atoms with Crippen molar-refractivity contribution >= 4 is 31.1 Å². The molecular weight excluding hydrogens is 481 g/mol. The minimum absolute atomic E-state index is 0.101. The first kappa shape index (κ1) is 26.0. The Morgan fingerprint density at radius 2 is 1.97 bits per heavy atom. The number of nitrogens with zero attached hydrogens (tertiary/aromatic N) is 1. The molecule has 2 aliphatic rings. The molecule has 0 unspecified atom stereocenters. The summed E-state index contributed by atoms with van der Waals surface area (Å²) in [7, 11) is 1.49. The number of rotatable bonds is 9. The number of esters is 1. The van der Waals surface area contributed by atoms with E-state index in [1.54, 1.807) is 12.1 Å². The van der Waals surface area contributed by atoms with Crippen LogP contribution >= 0.6 is 0 Å². The number of hydrogen-bond acceptors (Lipinski definition) is 4. The molecule has 5 nitrogen and oxygen atoms in total. The Kier molecular flexibility index (Phi) is 8.45. The van der Waals surface area contributed by atoms with Gasteiger partial charge in [0.2, 0.25) is 0 Å². The number of benzene rings is 1. The molecule has 0 radical (unpaired) electrons. The van der Waals surface area contributed by atoms with Gasteiger partial charge in [-0.25, -0.2) is 0 Å². The number of carbonyl (C=O) groups excluding carboxylic acids is 1. The van der Waals surface area contributed by atoms with E-state index in [0.29, 0.717) is 17.3 Å². The number of allylic oxidation sites excluding steroid dienone is 1. The van der Waals surface area contributed by atoms with Gasteiger partial charge < -0.3 is 0 Å². The maximum atomic E-state index is 12.7. The van der Waals surface area contributed by atoms with Crippen molar-refractivity contribution in [3.8, 4) is 0 Å². The Labute approximate surface area is 205 Å². The monoisotopic (exact) mass is 521 g/mol. The third kappa shape index (κ3) is 5.71. The zero-order valence-corrected chi connectivity index (χ0v) is 22.5. The summed E-state index contributed by atoms with van der Waals surface area (Å²) in [6, 6.07) is 7.12. The van der Waals surface area contributed by atoms with Crippen LogP contribution in [-0.2, 0) is 9.53 Å². The van der Waals surface area contributed by atoms with Crippen molar-refractivity contribution in [1.29, 1.82) is 0 Å². The van der Waals surface area contributed by atoms with E-state index in [-0.39, 0.29) is 42.9 Å². The summed E-state index contributed by atoms with van der Waals surface area (Å²) in [6.07, 6.45) is 9.93. The van der Waals surface area contributed by atoms with Crippen molar-refractivity contribution in [1.82, 2.24) is 0 Å². The van der Waals surface area contributed by atoms with E-state index in [4.69, 9.17) is 4.74 Å². The Bertz CT molecular complexity index is 896. The fraction of sp³-hybridized carbons (Fsp3) is 0.667. The van der Waals surface area contributed by atoms with Crippen LogP contribution in [0.25, 0.3) is 0 Å². The summed E-state index contributed by atoms with van der Waals surface area (Å²) in [4.78, 5) is 23.7. The second-order valence-corrected chi connectivity index (χ2v) is 13.3. The van der Waals surface area contributed by atoms with Crippen molar-refractivity contribution in [2.75, 3.05) is 7.11 Å². The number of carbonyl (C=O) groups is 1. The van der Waals surface area contributed by atoms with E-state index in [2.05, 4.69) is 33.8 Å². The molecule has 33 heavy (non-hydrogen) atoms. The van der Waals surface area contributed by atoms with Crippen LogP contribution in [0.2, 0.25) is 5.32 Å². The normalized spacial score (nSPS) is 27.2. The Morgan fingerprint density at radius 3 is 2.67 bits per heavy atom. The van der Waals surface area contributed by atoms with Crippen LogP contribution in [0, 0.1) is 38.7 Å². The molecule has 1 aromatic carbocycles. The average Bonchev–Trinajstić information content (AvgIpc) is 2.76. The SMILES string of the molecule is COC(=O)C1=CC[C@H]2C(C)(C)CCC[C@]2(C)[C@H]1CC[C@H](C)CC[Se]c1ccccc1[N+](=O)[O-]. The third-order valence-corrected chi connectivity index (χ3v) is 10.6. The van der Waals surface area contributed by atoms with Gasteiger partial charge in [0, 0.05) is 0 Å². The molecule has 0 aliphatic heterocycles. The minimum atomic E-state index is -0.271. The molecule has 1 aromatic rings. The molecule has 4 atom stereocenters. The van der Waals surface area contributed by atoms with Crippen LogP contribution in [-0.4, -0.2) is 33.0 Å². The summed E-state index contributed by atoms with van der Waals surface area (Å²) in [5.41, 5.74) is 1.57. The van der Waals surface area contributed by atoms with Gasteiger partial charge in [-0.2, -0.15) is 0 Å². The summed E-state index contributed by atoms with van der Waals surface area (Å²) in [6.45, 7) is 9.50. The molecular formula is C27H39NO4Se. The third-order valence-electron chi connectivity index (χ3n) is 8.32. The fourth-order valence-electron chi connectivity index (χ4n) is 6.44. The summed E-state index contributed by atoms with van der Waals surface area (Å²) in [5, 5.41) is 12.3. The molecule has 6 heteroatoms. The predicted molar refractivity (Wildman–Crippen MR) is 134 cm³/mol. The van der Waals surface area contributed by atoms with E-state index >= 15 is 0 Å². The summed E-state index contributed by atoms with van der Waals surface area (Å²) in [5.74, 6) is 1.20. The van der Waals surface area contributed by atoms with Gasteiger partial charge >= 0.3 is 205 Å². The van der Waals surface area contributed by atoms with Crippen molar-refractivity contribution < 1.29 is 14.5 Å². The van der Waals surface area contributed by atoms with E-state index in [1.807, 2.05) is 12.1 Å². The molecule has 0 amide bonds. The molecule has 0 spiro atoms. The topological polar surface area (TPSA) is 69.4 Å². The summed E-state index contributed by atoms with van der Waals surface area (Å²) < 4.78 is 6.07. The molecule has 0 bridgehead atoms. The van der Waals surface area contributed by atoms with Gasteiger partial charge in [-0.15, -0.1) is 0 Å². The van der Waals surface area contributed by atoms with Crippen LogP contribution in [0.15, 0.2) is 35.9 Å². The van der Waals surface area contributed by atoms with Crippen molar-refractivity contribution in [3.05, 3.63) is 46.0 Å². The molecule has 1 fully saturated rings. The van der Waals surface area contributed by atoms with E-state index in [1.165, 1.54) is 26.4 Å². The molecule has 0 aromatic heterocycles. The van der Waals surface area contributed by atoms with Crippen molar-refractivity contribution in [2.24, 2.45) is 28.6 Å². The standard InChI is InChI=1S/C27H39NO4Se/c1-19(15-18-33-23-10-7-6-9-22(23)28(30)31)11-13-21-20(25(29)32-5)12-14-24-26(2,3)16-8-17-27(21,24)4/h6-7,9-10,12,19,21,24H,8,11,13-18H2,1-5H3/t19-,21-,24-,27+/m0/s1. The van der Waals surface area contributed by atoms with Gasteiger partial charge in [-0.05, 0) is 0 Å². The van der Waals surface area contributed by atoms with Gasteiger partial charge in [-0.1, -0.05) is 0 Å². The number of hydrogen-bond donors (Lipinski definition) is 0. The van der Waals surface area contributed by atoms with Gasteiger partial charge in [0.15, 0.2) is 0 Å². The summed E-state index contributed by atoms with van der Waals surface area (Å²) >= 11 is 0.101. The van der Waals surface area contributed by atoms with Crippen molar-refractivity contribution in [3.63, 3.8) is 0 Å². The van der Waals surface area contributed by atoms with E-state index in [0.717, 1.165) is 41.0 Å². The second kappa shape index (κ2) is 10.7. The van der Waals surface area contributed by atoms with Crippen LogP contribution in [0.5, 0.6) is 0 Å². The van der Waals surface area contributed by atoms with Crippen molar-refractivity contribution in [2.45, 2.75) is 78.0 Å². The zero-order valence-electron chi connectivity index (χ0n) is 20.8. The van der Waals surface area contributed by atoms with Crippen LogP contribution < -0.4 is 4.46 Å². The number of fused-ring (bicyclic) bond motifs is 1. The Balaban J connectivity index is 1.65. The number of ether oxygens (including phenoxy) is 1. The number of methoxy groups -OCH3 is 1. The Morgan fingerprint density at radius 1 is 1.24 bits per heavy atom. The molecule has 1 saturated carbocycles. The Hall–Kier alpha value is -1.65. The first-order chi connectivity index (χ1) is 15.6. The molecule has 3 rings (SSSR count). The maximum absolute atomic E-state index is 12.7. The molecule has 0 saturated heterocycles. The quantitative estimate of drug-likeness (QED) is 0.171. The van der Waals surface area contributed by atoms with Gasteiger partial charge in [0.1, 0.15) is 0 Å².